The van der Waals surface area contributed by atoms with E-state index in [1.165, 1.54) is 0 Å². The lowest BCUT2D eigenvalue weighted by Crippen LogP contribution is -2.44. The van der Waals surface area contributed by atoms with E-state index in [9.17, 15) is 0 Å². The zero-order valence-corrected chi connectivity index (χ0v) is 15.0. The van der Waals surface area contributed by atoms with E-state index in [2.05, 4.69) is 33.0 Å². The van der Waals surface area contributed by atoms with Crippen LogP contribution in [0.1, 0.15) is 39.7 Å². The van der Waals surface area contributed by atoms with Crippen LogP contribution in [0.15, 0.2) is 18.2 Å². The standard InChI is InChI=1S/C17H25Cl2NO/c1-16(2)10-12(17(3,4)21-16)15(20-5)9-11-13(18)7-6-8-14(11)19/h6-8,12,15,20H,9-10H2,1-5H3. The largest absolute Gasteiger partial charge is 0.369 e. The molecule has 0 radical (unpaired) electrons. The Morgan fingerprint density at radius 2 is 1.81 bits per heavy atom. The van der Waals surface area contributed by atoms with Crippen LogP contribution in [0, 0.1) is 5.92 Å². The van der Waals surface area contributed by atoms with Crippen molar-refractivity contribution < 1.29 is 4.74 Å². The Hall–Kier alpha value is -0.280. The molecule has 2 atom stereocenters. The van der Waals surface area contributed by atoms with E-state index >= 15 is 0 Å². The summed E-state index contributed by atoms with van der Waals surface area (Å²) in [5.41, 5.74) is 0.763. The van der Waals surface area contributed by atoms with Gasteiger partial charge in [0.15, 0.2) is 0 Å². The van der Waals surface area contributed by atoms with E-state index in [-0.39, 0.29) is 17.2 Å². The van der Waals surface area contributed by atoms with Gasteiger partial charge in [-0.2, -0.15) is 0 Å². The van der Waals surface area contributed by atoms with Gasteiger partial charge in [-0.1, -0.05) is 29.3 Å². The molecule has 1 fully saturated rings. The fourth-order valence-corrected chi connectivity index (χ4v) is 4.18. The van der Waals surface area contributed by atoms with Gasteiger partial charge in [0.2, 0.25) is 0 Å². The monoisotopic (exact) mass is 329 g/mol. The second-order valence-corrected chi connectivity index (χ2v) is 7.89. The highest BCUT2D eigenvalue weighted by atomic mass is 35.5. The second-order valence-electron chi connectivity index (χ2n) is 7.08. The van der Waals surface area contributed by atoms with Gasteiger partial charge in [0.25, 0.3) is 0 Å². The third-order valence-electron chi connectivity index (χ3n) is 4.49. The van der Waals surface area contributed by atoms with Gasteiger partial charge in [0.05, 0.1) is 11.2 Å². The van der Waals surface area contributed by atoms with Crippen molar-refractivity contribution in [1.82, 2.24) is 5.32 Å². The number of rotatable bonds is 4. The first-order chi connectivity index (χ1) is 9.66. The third kappa shape index (κ3) is 3.73. The van der Waals surface area contributed by atoms with Gasteiger partial charge in [-0.3, -0.25) is 0 Å². The Balaban J connectivity index is 2.25. The average molecular weight is 330 g/mol. The normalized spacial score (nSPS) is 25.0. The maximum atomic E-state index is 6.32. The molecule has 0 bridgehead atoms. The van der Waals surface area contributed by atoms with Crippen LogP contribution in [0.5, 0.6) is 0 Å². The van der Waals surface area contributed by atoms with Gasteiger partial charge < -0.3 is 10.1 Å². The molecule has 1 aromatic carbocycles. The van der Waals surface area contributed by atoms with Gasteiger partial charge in [-0.25, -0.2) is 0 Å². The molecule has 4 heteroatoms. The van der Waals surface area contributed by atoms with Crippen LogP contribution in [0.25, 0.3) is 0 Å². The SMILES string of the molecule is CNC(Cc1c(Cl)cccc1Cl)C1CC(C)(C)OC1(C)C. The predicted octanol–water partition coefficient (Wildman–Crippen LogP) is 4.72. The van der Waals surface area contributed by atoms with Crippen LogP contribution >= 0.6 is 23.2 Å². The zero-order valence-electron chi connectivity index (χ0n) is 13.5. The van der Waals surface area contributed by atoms with Crippen molar-refractivity contribution in [3.8, 4) is 0 Å². The molecule has 1 aliphatic heterocycles. The highest BCUT2D eigenvalue weighted by Crippen LogP contribution is 2.44. The van der Waals surface area contributed by atoms with Crippen LogP contribution in [0.3, 0.4) is 0 Å². The Kier molecular flexibility index (Phi) is 4.94. The maximum absolute atomic E-state index is 6.32. The molecule has 0 spiro atoms. The van der Waals surface area contributed by atoms with E-state index in [4.69, 9.17) is 27.9 Å². The van der Waals surface area contributed by atoms with Crippen molar-refractivity contribution in [1.29, 1.82) is 0 Å². The van der Waals surface area contributed by atoms with Crippen molar-refractivity contribution in [3.63, 3.8) is 0 Å². The molecule has 2 unspecified atom stereocenters. The fraction of sp³-hybridized carbons (Fsp3) is 0.647. The number of hydrogen-bond donors (Lipinski definition) is 1. The molecule has 0 aromatic heterocycles. The molecule has 0 amide bonds. The van der Waals surface area contributed by atoms with Gasteiger partial charge in [0.1, 0.15) is 0 Å². The lowest BCUT2D eigenvalue weighted by Gasteiger charge is -2.33. The number of likely N-dealkylation sites (N-methyl/N-ethyl adjacent to an activating group) is 1. The number of halogens is 2. The summed E-state index contributed by atoms with van der Waals surface area (Å²) in [5, 5.41) is 4.91. The summed E-state index contributed by atoms with van der Waals surface area (Å²) >= 11 is 12.6. The minimum Gasteiger partial charge on any atom is -0.369 e. The first-order valence-corrected chi connectivity index (χ1v) is 8.22. The molecule has 0 saturated carbocycles. The van der Waals surface area contributed by atoms with E-state index in [1.54, 1.807) is 0 Å². The Morgan fingerprint density at radius 3 is 2.24 bits per heavy atom. The van der Waals surface area contributed by atoms with Crippen molar-refractivity contribution in [2.75, 3.05) is 7.05 Å². The lowest BCUT2D eigenvalue weighted by molar-refractivity contribution is -0.0774. The molecule has 1 heterocycles. The van der Waals surface area contributed by atoms with Gasteiger partial charge >= 0.3 is 0 Å². The summed E-state index contributed by atoms with van der Waals surface area (Å²) < 4.78 is 6.22. The number of nitrogens with one attached hydrogen (secondary N) is 1. The topological polar surface area (TPSA) is 21.3 Å². The van der Waals surface area contributed by atoms with E-state index in [0.29, 0.717) is 5.92 Å². The van der Waals surface area contributed by atoms with Crippen molar-refractivity contribution in [2.24, 2.45) is 5.92 Å². The Labute approximate surface area is 138 Å². The summed E-state index contributed by atoms with van der Waals surface area (Å²) in [4.78, 5) is 0. The molecule has 0 aliphatic carbocycles. The fourth-order valence-electron chi connectivity index (χ4n) is 3.62. The van der Waals surface area contributed by atoms with Crippen LogP contribution < -0.4 is 5.32 Å². The highest BCUT2D eigenvalue weighted by molar-refractivity contribution is 6.36. The smallest absolute Gasteiger partial charge is 0.0677 e. The first-order valence-electron chi connectivity index (χ1n) is 7.46. The van der Waals surface area contributed by atoms with Gasteiger partial charge in [-0.15, -0.1) is 0 Å². The quantitative estimate of drug-likeness (QED) is 0.863. The second kappa shape index (κ2) is 6.08. The van der Waals surface area contributed by atoms with Crippen molar-refractivity contribution in [2.45, 2.75) is 57.8 Å². The third-order valence-corrected chi connectivity index (χ3v) is 5.19. The lowest BCUT2D eigenvalue weighted by atomic mass is 9.79. The maximum Gasteiger partial charge on any atom is 0.0677 e. The summed E-state index contributed by atoms with van der Waals surface area (Å²) in [6.07, 6.45) is 1.83. The molecule has 118 valence electrons. The molecule has 1 N–H and O–H groups in total. The van der Waals surface area contributed by atoms with Gasteiger partial charge in [-0.05, 0) is 65.3 Å². The molecular weight excluding hydrogens is 305 g/mol. The van der Waals surface area contributed by atoms with E-state index in [1.807, 2.05) is 25.2 Å². The zero-order chi connectivity index (χ0) is 15.8. The van der Waals surface area contributed by atoms with Crippen molar-refractivity contribution >= 4 is 23.2 Å². The van der Waals surface area contributed by atoms with Crippen molar-refractivity contribution in [3.05, 3.63) is 33.8 Å². The average Bonchev–Trinajstić information content (AvgIpc) is 2.57. The molecule has 1 saturated heterocycles. The van der Waals surface area contributed by atoms with Crippen LogP contribution in [-0.4, -0.2) is 24.3 Å². The number of ether oxygens (including phenoxy) is 1. The highest BCUT2D eigenvalue weighted by Gasteiger charge is 2.48. The van der Waals surface area contributed by atoms with Crippen LogP contribution in [-0.2, 0) is 11.2 Å². The summed E-state index contributed by atoms with van der Waals surface area (Å²) in [5.74, 6) is 0.407. The van der Waals surface area contributed by atoms with Crippen LogP contribution in [0.2, 0.25) is 10.0 Å². The summed E-state index contributed by atoms with van der Waals surface area (Å²) in [6.45, 7) is 8.66. The minimum atomic E-state index is -0.162. The number of benzene rings is 1. The Morgan fingerprint density at radius 1 is 1.24 bits per heavy atom. The predicted molar refractivity (Wildman–Crippen MR) is 90.4 cm³/mol. The van der Waals surface area contributed by atoms with Crippen LogP contribution in [0.4, 0.5) is 0 Å². The van der Waals surface area contributed by atoms with E-state index < -0.39 is 0 Å². The molecule has 1 aromatic rings. The number of hydrogen-bond acceptors (Lipinski definition) is 2. The van der Waals surface area contributed by atoms with E-state index in [0.717, 1.165) is 28.5 Å². The molecule has 21 heavy (non-hydrogen) atoms. The molecule has 2 rings (SSSR count). The first kappa shape index (κ1) is 17.1. The summed E-state index contributed by atoms with van der Waals surface area (Å²) in [7, 11) is 2.00. The molecular formula is C17H25Cl2NO. The Bertz CT molecular complexity index is 493. The minimum absolute atomic E-state index is 0.0897. The summed E-state index contributed by atoms with van der Waals surface area (Å²) in [6, 6.07) is 5.96. The molecule has 1 aliphatic rings. The van der Waals surface area contributed by atoms with Gasteiger partial charge in [0, 0.05) is 22.0 Å². The molecule has 2 nitrogen and oxygen atoms in total.